The van der Waals surface area contributed by atoms with Crippen LogP contribution in [0.15, 0.2) is 30.3 Å². The number of hydrogen-bond acceptors (Lipinski definition) is 3. The fourth-order valence-electron chi connectivity index (χ4n) is 1.66. The van der Waals surface area contributed by atoms with Gasteiger partial charge in [0, 0.05) is 0 Å². The van der Waals surface area contributed by atoms with Gasteiger partial charge in [0.05, 0.1) is 11.6 Å². The van der Waals surface area contributed by atoms with E-state index in [9.17, 15) is 9.59 Å². The van der Waals surface area contributed by atoms with Crippen molar-refractivity contribution >= 4 is 12.2 Å². The molecule has 0 bridgehead atoms. The molecule has 1 aromatic rings. The maximum atomic E-state index is 11.7. The zero-order valence-electron chi connectivity index (χ0n) is 11.5. The highest BCUT2D eigenvalue weighted by Crippen LogP contribution is 2.06. The lowest BCUT2D eigenvalue weighted by molar-refractivity contribution is -0.125. The summed E-state index contributed by atoms with van der Waals surface area (Å²) in [6, 6.07) is 9.44. The lowest BCUT2D eigenvalue weighted by atomic mass is 10.0. The molecule has 0 aliphatic heterocycles. The van der Waals surface area contributed by atoms with Crippen LogP contribution in [0, 0.1) is 0 Å². The molecule has 1 rings (SSSR count). The number of benzene rings is 1. The van der Waals surface area contributed by atoms with Gasteiger partial charge in [0.2, 0.25) is 12.2 Å². The number of aryl methyl sites for hydroxylation is 1. The Hall–Kier alpha value is -1.68. The number of nitrogens with one attached hydrogen (secondary N) is 1. The van der Waals surface area contributed by atoms with Gasteiger partial charge in [-0.15, -0.1) is 0 Å². The zero-order chi connectivity index (χ0) is 14.3. The van der Waals surface area contributed by atoms with E-state index in [2.05, 4.69) is 5.32 Å². The first-order chi connectivity index (χ1) is 8.93. The number of carbonyl (C=O) groups excluding carboxylic acids is 2. The predicted octanol–water partition coefficient (Wildman–Crippen LogP) is 1.34. The van der Waals surface area contributed by atoms with Gasteiger partial charge in [-0.1, -0.05) is 30.3 Å². The van der Waals surface area contributed by atoms with Crippen molar-refractivity contribution in [2.24, 2.45) is 5.73 Å². The second-order valence-electron chi connectivity index (χ2n) is 5.24. The zero-order valence-corrected chi connectivity index (χ0v) is 11.5. The lowest BCUT2D eigenvalue weighted by Crippen LogP contribution is -2.52. The molecule has 0 aliphatic rings. The van der Waals surface area contributed by atoms with Crippen LogP contribution in [0.3, 0.4) is 0 Å². The van der Waals surface area contributed by atoms with Crippen LogP contribution >= 0.6 is 0 Å². The maximum Gasteiger partial charge on any atom is 0.240 e. The molecule has 3 N–H and O–H groups in total. The molecule has 0 unspecified atom stereocenters. The second-order valence-corrected chi connectivity index (χ2v) is 5.24. The summed E-state index contributed by atoms with van der Waals surface area (Å²) in [7, 11) is 0. The number of carbonyl (C=O) groups is 1. The third kappa shape index (κ3) is 5.66. The molecule has 0 fully saturated rings. The van der Waals surface area contributed by atoms with Crippen molar-refractivity contribution in [1.82, 2.24) is 5.32 Å². The summed E-state index contributed by atoms with van der Waals surface area (Å²) in [6.07, 6.45) is 4.11. The Morgan fingerprint density at radius 3 is 2.53 bits per heavy atom. The average Bonchev–Trinajstić information content (AvgIpc) is 2.37. The Kier molecular flexibility index (Phi) is 5.70. The molecule has 103 valence electrons. The quantitative estimate of drug-likeness (QED) is 0.778. The smallest absolute Gasteiger partial charge is 0.240 e. The minimum atomic E-state index is -0.978. The molecule has 0 heterocycles. The lowest BCUT2D eigenvalue weighted by Gasteiger charge is -2.20. The Balaban J connectivity index is 2.37. The molecule has 4 nitrogen and oxygen atoms in total. The Bertz CT molecular complexity index is 410. The van der Waals surface area contributed by atoms with E-state index < -0.39 is 11.6 Å². The highest BCUT2D eigenvalue weighted by atomic mass is 16.2. The van der Waals surface area contributed by atoms with Crippen LogP contribution in [-0.2, 0) is 16.0 Å². The van der Waals surface area contributed by atoms with Crippen LogP contribution in [0.25, 0.3) is 0 Å². The Morgan fingerprint density at radius 1 is 1.37 bits per heavy atom. The van der Waals surface area contributed by atoms with Crippen LogP contribution in [0.4, 0.5) is 0 Å². The highest BCUT2D eigenvalue weighted by molar-refractivity contribution is 5.87. The first-order valence-electron chi connectivity index (χ1n) is 6.45. The van der Waals surface area contributed by atoms with Gasteiger partial charge >= 0.3 is 0 Å². The van der Waals surface area contributed by atoms with E-state index in [4.69, 9.17) is 5.73 Å². The Morgan fingerprint density at radius 2 is 2.00 bits per heavy atom. The van der Waals surface area contributed by atoms with E-state index >= 15 is 0 Å². The topological polar surface area (TPSA) is 72.2 Å². The third-order valence-electron chi connectivity index (χ3n) is 2.83. The molecule has 4 heteroatoms. The van der Waals surface area contributed by atoms with Gasteiger partial charge < -0.3 is 11.1 Å². The third-order valence-corrected chi connectivity index (χ3v) is 2.83. The summed E-state index contributed by atoms with van der Waals surface area (Å²) in [5, 5.41) is 2.61. The molecule has 1 radical (unpaired) electrons. The normalized spacial score (nSPS) is 12.8. The van der Waals surface area contributed by atoms with E-state index in [0.29, 0.717) is 6.42 Å². The van der Waals surface area contributed by atoms with Crippen molar-refractivity contribution in [3.63, 3.8) is 0 Å². The van der Waals surface area contributed by atoms with Gasteiger partial charge in [-0.05, 0) is 38.7 Å². The first-order valence-corrected chi connectivity index (χ1v) is 6.45. The van der Waals surface area contributed by atoms with E-state index in [1.165, 1.54) is 5.56 Å². The van der Waals surface area contributed by atoms with Crippen molar-refractivity contribution in [1.29, 1.82) is 0 Å². The van der Waals surface area contributed by atoms with Crippen LogP contribution in [0.2, 0.25) is 0 Å². The number of rotatable bonds is 7. The second kappa shape index (κ2) is 7.04. The van der Waals surface area contributed by atoms with E-state index in [0.717, 1.165) is 12.8 Å². The first kappa shape index (κ1) is 15.4. The molecule has 1 amide bonds. The SMILES string of the molecule is CC(C)(N)C(=O)N[C@@H]([C]=O)CCCc1ccccc1. The minimum absolute atomic E-state index is 0.333. The number of amides is 1. The number of hydrogen-bond donors (Lipinski definition) is 2. The van der Waals surface area contributed by atoms with Crippen molar-refractivity contribution in [2.45, 2.75) is 44.7 Å². The maximum absolute atomic E-state index is 11.7. The fourth-order valence-corrected chi connectivity index (χ4v) is 1.66. The predicted molar refractivity (Wildman–Crippen MR) is 75.3 cm³/mol. The van der Waals surface area contributed by atoms with Crippen LogP contribution in [0.5, 0.6) is 0 Å². The highest BCUT2D eigenvalue weighted by Gasteiger charge is 2.24. The molecule has 0 saturated heterocycles. The van der Waals surface area contributed by atoms with Gasteiger partial charge in [0.25, 0.3) is 0 Å². The molecule has 1 aromatic carbocycles. The molecule has 19 heavy (non-hydrogen) atoms. The summed E-state index contributed by atoms with van der Waals surface area (Å²) in [5.41, 5.74) is 5.90. The minimum Gasteiger partial charge on any atom is -0.344 e. The summed E-state index contributed by atoms with van der Waals surface area (Å²) in [4.78, 5) is 22.5. The van der Waals surface area contributed by atoms with Crippen LogP contribution < -0.4 is 11.1 Å². The van der Waals surface area contributed by atoms with Gasteiger partial charge in [0.15, 0.2) is 0 Å². The molecule has 0 spiro atoms. The van der Waals surface area contributed by atoms with E-state index in [1.807, 2.05) is 36.6 Å². The van der Waals surface area contributed by atoms with E-state index in [1.54, 1.807) is 13.8 Å². The fraction of sp³-hybridized carbons (Fsp3) is 0.467. The summed E-state index contributed by atoms with van der Waals surface area (Å²) < 4.78 is 0. The molecular formula is C15H21N2O2. The Labute approximate surface area is 114 Å². The summed E-state index contributed by atoms with van der Waals surface area (Å²) >= 11 is 0. The van der Waals surface area contributed by atoms with Crippen molar-refractivity contribution in [3.8, 4) is 0 Å². The standard InChI is InChI=1S/C15H21N2O2/c1-15(2,16)14(19)17-13(11-18)10-6-9-12-7-4-3-5-8-12/h3-5,7-8,13H,6,9-10,16H2,1-2H3,(H,17,19)/t13-/m1/s1. The van der Waals surface area contributed by atoms with Crippen LogP contribution in [-0.4, -0.2) is 23.8 Å². The summed E-state index contributed by atoms with van der Waals surface area (Å²) in [6.45, 7) is 3.21. The molecule has 0 aliphatic carbocycles. The van der Waals surface area contributed by atoms with Gasteiger partial charge in [-0.25, -0.2) is 0 Å². The van der Waals surface area contributed by atoms with Crippen molar-refractivity contribution in [3.05, 3.63) is 35.9 Å². The van der Waals surface area contributed by atoms with Crippen LogP contribution in [0.1, 0.15) is 32.3 Å². The average molecular weight is 261 g/mol. The van der Waals surface area contributed by atoms with Crippen molar-refractivity contribution < 1.29 is 9.59 Å². The van der Waals surface area contributed by atoms with Crippen molar-refractivity contribution in [2.75, 3.05) is 0 Å². The van der Waals surface area contributed by atoms with E-state index in [-0.39, 0.29) is 5.91 Å². The molecular weight excluding hydrogens is 240 g/mol. The monoisotopic (exact) mass is 261 g/mol. The largest absolute Gasteiger partial charge is 0.344 e. The van der Waals surface area contributed by atoms with Gasteiger partial charge in [-0.2, -0.15) is 0 Å². The van der Waals surface area contributed by atoms with Gasteiger partial charge in [-0.3, -0.25) is 9.59 Å². The summed E-state index contributed by atoms with van der Waals surface area (Å²) in [5.74, 6) is -0.333. The molecule has 0 saturated carbocycles. The van der Waals surface area contributed by atoms with Gasteiger partial charge in [0.1, 0.15) is 0 Å². The molecule has 1 atom stereocenters. The number of nitrogens with two attached hydrogens (primary N) is 1. The molecule has 0 aromatic heterocycles.